The molecule has 0 bridgehead atoms. The van der Waals surface area contributed by atoms with Crippen LogP contribution >= 0.6 is 0 Å². The molecule has 1 unspecified atom stereocenters. The van der Waals surface area contributed by atoms with E-state index in [1.807, 2.05) is 27.7 Å². The van der Waals surface area contributed by atoms with E-state index in [0.29, 0.717) is 39.1 Å². The molecule has 0 amide bonds. The minimum atomic E-state index is -3.58. The average Bonchev–Trinajstić information content (AvgIpc) is 3.00. The van der Waals surface area contributed by atoms with Gasteiger partial charge in [-0.05, 0) is 46.5 Å². The van der Waals surface area contributed by atoms with Gasteiger partial charge in [-0.15, -0.1) is 0 Å². The quantitative estimate of drug-likeness (QED) is 0.0512. The van der Waals surface area contributed by atoms with E-state index in [1.165, 1.54) is 51.4 Å². The zero-order chi connectivity index (χ0) is 33.2. The summed E-state index contributed by atoms with van der Waals surface area (Å²) in [5.74, 6) is -2.39. The van der Waals surface area contributed by atoms with Crippen molar-refractivity contribution in [3.63, 3.8) is 0 Å². The van der Waals surface area contributed by atoms with Crippen molar-refractivity contribution in [1.29, 1.82) is 0 Å². The maximum absolute atomic E-state index is 14.2. The average molecular weight is 653 g/mol. The molecule has 9 heteroatoms. The van der Waals surface area contributed by atoms with Gasteiger partial charge in [-0.25, -0.2) is 8.42 Å². The number of methoxy groups -OCH3 is 3. The minimum Gasteiger partial charge on any atom is -0.331 e. The van der Waals surface area contributed by atoms with Gasteiger partial charge in [-0.1, -0.05) is 110 Å². The Morgan fingerprint density at radius 2 is 0.795 bits per heavy atom. The molecule has 0 fully saturated rings. The fraction of sp³-hybridized carbons (Fsp3) is 1.00. The maximum atomic E-state index is 14.2. The highest BCUT2D eigenvalue weighted by Crippen LogP contribution is 2.45. The van der Waals surface area contributed by atoms with Crippen LogP contribution in [0.3, 0.4) is 0 Å². The summed E-state index contributed by atoms with van der Waals surface area (Å²) < 4.78 is 62.1. The molecule has 266 valence electrons. The van der Waals surface area contributed by atoms with Gasteiger partial charge >= 0.3 is 5.97 Å². The molecule has 8 nitrogen and oxygen atoms in total. The van der Waals surface area contributed by atoms with Crippen molar-refractivity contribution >= 4 is 9.84 Å². The Kier molecular flexibility index (Phi) is 25.6. The van der Waals surface area contributed by atoms with Crippen LogP contribution in [0.2, 0.25) is 0 Å². The molecule has 1 atom stereocenters. The molecule has 0 aromatic heterocycles. The topological polar surface area (TPSA) is 89.5 Å². The number of hydrogen-bond acceptors (Lipinski definition) is 8. The summed E-state index contributed by atoms with van der Waals surface area (Å²) in [5.41, 5.74) is 0. The standard InChI is InChI=1S/C35H72O8S/c1-9-14-15-16-23-26-29-33(44(36,37)32-10-2,35(41-11-3,42-12-4)43-13-5)30-27-24-21-19-17-18-20-22-25-28-31-34(38-6,39-7)40-8/h9-32H2,1-8H3. The van der Waals surface area contributed by atoms with Crippen LogP contribution in [0.5, 0.6) is 0 Å². The highest BCUT2D eigenvalue weighted by atomic mass is 32.2. The first kappa shape index (κ1) is 43.7. The van der Waals surface area contributed by atoms with E-state index in [0.717, 1.165) is 57.8 Å². The number of rotatable bonds is 33. The second kappa shape index (κ2) is 25.8. The van der Waals surface area contributed by atoms with Crippen LogP contribution in [-0.4, -0.2) is 72.0 Å². The molecule has 0 saturated carbocycles. The summed E-state index contributed by atoms with van der Waals surface area (Å²) in [5, 5.41) is 0. The van der Waals surface area contributed by atoms with Gasteiger partial charge in [0.15, 0.2) is 14.6 Å². The molecule has 0 heterocycles. The van der Waals surface area contributed by atoms with Gasteiger partial charge in [-0.3, -0.25) is 0 Å². The van der Waals surface area contributed by atoms with Crippen LogP contribution in [0, 0.1) is 0 Å². The lowest BCUT2D eigenvalue weighted by Gasteiger charge is -2.48. The van der Waals surface area contributed by atoms with Gasteiger partial charge in [0.2, 0.25) is 0 Å². The molecule has 0 N–H and O–H groups in total. The molecule has 44 heavy (non-hydrogen) atoms. The van der Waals surface area contributed by atoms with Gasteiger partial charge in [0, 0.05) is 47.6 Å². The highest BCUT2D eigenvalue weighted by Gasteiger charge is 2.62. The van der Waals surface area contributed by atoms with Crippen molar-refractivity contribution in [3.8, 4) is 0 Å². The van der Waals surface area contributed by atoms with Gasteiger partial charge < -0.3 is 28.4 Å². The van der Waals surface area contributed by atoms with E-state index in [-0.39, 0.29) is 5.75 Å². The second-order valence-corrected chi connectivity index (χ2v) is 14.4. The molecular formula is C35H72O8S. The Morgan fingerprint density at radius 3 is 1.11 bits per heavy atom. The molecular weight excluding hydrogens is 580 g/mol. The monoisotopic (exact) mass is 652 g/mol. The summed E-state index contributed by atoms with van der Waals surface area (Å²) in [4.78, 5) is 0. The van der Waals surface area contributed by atoms with Crippen LogP contribution in [0.25, 0.3) is 0 Å². The van der Waals surface area contributed by atoms with Gasteiger partial charge in [0.25, 0.3) is 5.97 Å². The molecule has 0 spiro atoms. The first-order valence-electron chi connectivity index (χ1n) is 18.0. The van der Waals surface area contributed by atoms with Crippen molar-refractivity contribution in [1.82, 2.24) is 0 Å². The normalized spacial score (nSPS) is 14.3. The van der Waals surface area contributed by atoms with Crippen molar-refractivity contribution < 1.29 is 36.8 Å². The van der Waals surface area contributed by atoms with E-state index in [4.69, 9.17) is 28.4 Å². The third-order valence-electron chi connectivity index (χ3n) is 8.81. The number of ether oxygens (including phenoxy) is 6. The third kappa shape index (κ3) is 14.6. The molecule has 0 aliphatic carbocycles. The van der Waals surface area contributed by atoms with Crippen molar-refractivity contribution in [2.45, 2.75) is 180 Å². The van der Waals surface area contributed by atoms with E-state index < -0.39 is 26.5 Å². The molecule has 0 radical (unpaired) electrons. The fourth-order valence-electron chi connectivity index (χ4n) is 6.40. The Labute approximate surface area is 272 Å². The fourth-order valence-corrected chi connectivity index (χ4v) is 8.80. The van der Waals surface area contributed by atoms with E-state index in [9.17, 15) is 8.42 Å². The van der Waals surface area contributed by atoms with Crippen LogP contribution < -0.4 is 0 Å². The van der Waals surface area contributed by atoms with Gasteiger partial charge in [0.05, 0.1) is 5.75 Å². The van der Waals surface area contributed by atoms with E-state index in [1.54, 1.807) is 21.3 Å². The predicted molar refractivity (Wildman–Crippen MR) is 182 cm³/mol. The Morgan fingerprint density at radius 1 is 0.455 bits per heavy atom. The lowest BCUT2D eigenvalue weighted by Crippen LogP contribution is -2.64. The van der Waals surface area contributed by atoms with Crippen LogP contribution in [0.15, 0.2) is 0 Å². The smallest absolute Gasteiger partial charge is 0.303 e. The molecule has 0 aliphatic heterocycles. The largest absolute Gasteiger partial charge is 0.331 e. The lowest BCUT2D eigenvalue weighted by molar-refractivity contribution is -0.395. The first-order valence-corrected chi connectivity index (χ1v) is 19.6. The maximum Gasteiger partial charge on any atom is 0.303 e. The summed E-state index contributed by atoms with van der Waals surface area (Å²) in [6.45, 7) is 10.8. The molecule has 0 aliphatic rings. The molecule has 0 rings (SSSR count). The Hall–Kier alpha value is -0.290. The molecule has 0 aromatic rings. The minimum absolute atomic E-state index is 0.112. The highest BCUT2D eigenvalue weighted by molar-refractivity contribution is 7.92. The number of sulfone groups is 1. The SMILES string of the molecule is CCCCCCCCC(CCCCCCCCCCCCC(OC)(OC)OC)(C(OCC)(OCC)OCC)S(=O)(=O)CCC. The number of hydrogen-bond donors (Lipinski definition) is 0. The summed E-state index contributed by atoms with van der Waals surface area (Å²) >= 11 is 0. The zero-order valence-electron chi connectivity index (χ0n) is 30.1. The van der Waals surface area contributed by atoms with Crippen molar-refractivity contribution in [3.05, 3.63) is 0 Å². The lowest BCUT2D eigenvalue weighted by atomic mass is 9.90. The van der Waals surface area contributed by atoms with Crippen molar-refractivity contribution in [2.75, 3.05) is 46.9 Å². The predicted octanol–water partition coefficient (Wildman–Crippen LogP) is 9.34. The van der Waals surface area contributed by atoms with Gasteiger partial charge in [0.1, 0.15) is 0 Å². The molecule has 0 aromatic carbocycles. The van der Waals surface area contributed by atoms with Crippen molar-refractivity contribution in [2.24, 2.45) is 0 Å². The summed E-state index contributed by atoms with van der Waals surface area (Å²) in [7, 11) is 1.25. The molecule has 0 saturated heterocycles. The first-order chi connectivity index (χ1) is 21.2. The Bertz CT molecular complexity index is 731. The van der Waals surface area contributed by atoms with Gasteiger partial charge in [-0.2, -0.15) is 0 Å². The zero-order valence-corrected chi connectivity index (χ0v) is 31.0. The van der Waals surface area contributed by atoms with E-state index >= 15 is 0 Å². The number of unbranched alkanes of at least 4 members (excludes halogenated alkanes) is 14. The Balaban J connectivity index is 5.26. The summed E-state index contributed by atoms with van der Waals surface area (Å²) in [6.07, 6.45) is 19.9. The van der Waals surface area contributed by atoms with E-state index in [2.05, 4.69) is 6.92 Å². The van der Waals surface area contributed by atoms with Crippen LogP contribution in [0.1, 0.15) is 163 Å². The summed E-state index contributed by atoms with van der Waals surface area (Å²) in [6, 6.07) is 0. The van der Waals surface area contributed by atoms with Crippen LogP contribution in [-0.2, 0) is 38.3 Å². The second-order valence-electron chi connectivity index (χ2n) is 12.0. The third-order valence-corrected chi connectivity index (χ3v) is 11.6. The van der Waals surface area contributed by atoms with Crippen LogP contribution in [0.4, 0.5) is 0 Å².